The Morgan fingerprint density at radius 2 is 1.75 bits per heavy atom. The summed E-state index contributed by atoms with van der Waals surface area (Å²) in [5.41, 5.74) is 1.89. The highest BCUT2D eigenvalue weighted by Gasteiger charge is 2.51. The lowest BCUT2D eigenvalue weighted by Gasteiger charge is -2.21. The van der Waals surface area contributed by atoms with E-state index in [9.17, 15) is 4.79 Å². The van der Waals surface area contributed by atoms with Gasteiger partial charge in [-0.2, -0.15) is 0 Å². The van der Waals surface area contributed by atoms with Crippen LogP contribution >= 0.6 is 0 Å². The summed E-state index contributed by atoms with van der Waals surface area (Å²) >= 11 is 0. The molecule has 24 heavy (non-hydrogen) atoms. The molecule has 4 rings (SSSR count). The van der Waals surface area contributed by atoms with Gasteiger partial charge < -0.3 is 14.8 Å². The average Bonchev–Trinajstić information content (AvgIpc) is 3.44. The number of rotatable bonds is 5. The molecule has 4 heteroatoms. The molecule has 1 heterocycles. The van der Waals surface area contributed by atoms with Crippen molar-refractivity contribution in [1.82, 2.24) is 5.32 Å². The Hall–Kier alpha value is -2.49. The second-order valence-electron chi connectivity index (χ2n) is 6.43. The van der Waals surface area contributed by atoms with Gasteiger partial charge in [-0.3, -0.25) is 4.79 Å². The number of hydrogen-bond donors (Lipinski definition) is 1. The lowest BCUT2D eigenvalue weighted by atomic mass is 9.94. The van der Waals surface area contributed by atoms with Gasteiger partial charge in [0.05, 0.1) is 5.41 Å². The third kappa shape index (κ3) is 2.84. The minimum atomic E-state index is -0.382. The fourth-order valence-electron chi connectivity index (χ4n) is 3.25. The van der Waals surface area contributed by atoms with Crippen LogP contribution in [0.15, 0.2) is 48.5 Å². The monoisotopic (exact) mass is 323 g/mol. The molecule has 1 N–H and O–H groups in total. The van der Waals surface area contributed by atoms with E-state index < -0.39 is 0 Å². The maximum atomic E-state index is 12.7. The third-order valence-electron chi connectivity index (χ3n) is 4.82. The van der Waals surface area contributed by atoms with Crippen molar-refractivity contribution in [1.29, 1.82) is 0 Å². The molecule has 0 bridgehead atoms. The normalized spacial score (nSPS) is 17.2. The second-order valence-corrected chi connectivity index (χ2v) is 6.43. The van der Waals surface area contributed by atoms with E-state index in [1.807, 2.05) is 36.4 Å². The molecule has 1 fully saturated rings. The molecule has 124 valence electrons. The summed E-state index contributed by atoms with van der Waals surface area (Å²) in [6.45, 7) is 1.80. The summed E-state index contributed by atoms with van der Waals surface area (Å²) in [7, 11) is 0. The van der Waals surface area contributed by atoms with Crippen molar-refractivity contribution < 1.29 is 14.3 Å². The highest BCUT2D eigenvalue weighted by atomic mass is 16.6. The van der Waals surface area contributed by atoms with Crippen molar-refractivity contribution in [3.63, 3.8) is 0 Å². The van der Waals surface area contributed by atoms with Gasteiger partial charge in [0, 0.05) is 6.54 Å². The fraction of sp³-hybridized carbons (Fsp3) is 0.350. The molecular weight excluding hydrogens is 302 g/mol. The van der Waals surface area contributed by atoms with E-state index in [1.165, 1.54) is 5.56 Å². The number of benzene rings is 2. The fourth-order valence-corrected chi connectivity index (χ4v) is 3.25. The average molecular weight is 323 g/mol. The van der Waals surface area contributed by atoms with E-state index in [2.05, 4.69) is 17.4 Å². The predicted molar refractivity (Wildman–Crippen MR) is 91.5 cm³/mol. The Kier molecular flexibility index (Phi) is 3.89. The first-order valence-electron chi connectivity index (χ1n) is 8.50. The van der Waals surface area contributed by atoms with Crippen molar-refractivity contribution in [2.45, 2.75) is 24.7 Å². The van der Waals surface area contributed by atoms with Gasteiger partial charge in [0.15, 0.2) is 11.5 Å². The summed E-state index contributed by atoms with van der Waals surface area (Å²) in [5.74, 6) is 1.64. The van der Waals surface area contributed by atoms with Crippen LogP contribution in [0.4, 0.5) is 0 Å². The number of fused-ring (bicyclic) bond motifs is 1. The Bertz CT molecular complexity index is 738. The van der Waals surface area contributed by atoms with Gasteiger partial charge in [-0.05, 0) is 42.5 Å². The van der Waals surface area contributed by atoms with E-state index in [0.717, 1.165) is 36.3 Å². The topological polar surface area (TPSA) is 47.6 Å². The van der Waals surface area contributed by atoms with E-state index in [1.54, 1.807) is 0 Å². The van der Waals surface area contributed by atoms with Crippen LogP contribution in [0.3, 0.4) is 0 Å². The van der Waals surface area contributed by atoms with Crippen molar-refractivity contribution in [3.05, 3.63) is 59.7 Å². The summed E-state index contributed by atoms with van der Waals surface area (Å²) in [4.78, 5) is 12.7. The number of hydrogen-bond acceptors (Lipinski definition) is 3. The predicted octanol–water partition coefficient (Wildman–Crippen LogP) is 2.85. The molecule has 0 atom stereocenters. The standard InChI is InChI=1S/C20H21NO3/c22-19(21-11-8-15-4-2-1-3-5-15)20(9-10-20)16-6-7-17-18(14-16)24-13-12-23-17/h1-7,14H,8-13H2,(H,21,22). The SMILES string of the molecule is O=C(NCCc1ccccc1)C1(c2ccc3c(c2)OCCO3)CC1. The Morgan fingerprint density at radius 3 is 2.50 bits per heavy atom. The van der Waals surface area contributed by atoms with Gasteiger partial charge in [-0.15, -0.1) is 0 Å². The van der Waals surface area contributed by atoms with Crippen LogP contribution in [0, 0.1) is 0 Å². The summed E-state index contributed by atoms with van der Waals surface area (Å²) in [6.07, 6.45) is 2.64. The van der Waals surface area contributed by atoms with Gasteiger partial charge in [0.25, 0.3) is 0 Å². The lowest BCUT2D eigenvalue weighted by molar-refractivity contribution is -0.123. The Labute approximate surface area is 141 Å². The molecular formula is C20H21NO3. The first-order chi connectivity index (χ1) is 11.8. The highest BCUT2D eigenvalue weighted by Crippen LogP contribution is 2.50. The first kappa shape index (κ1) is 15.1. The van der Waals surface area contributed by atoms with Crippen LogP contribution < -0.4 is 14.8 Å². The van der Waals surface area contributed by atoms with Gasteiger partial charge in [-0.25, -0.2) is 0 Å². The minimum Gasteiger partial charge on any atom is -0.486 e. The summed E-state index contributed by atoms with van der Waals surface area (Å²) in [5, 5.41) is 3.10. The molecule has 0 radical (unpaired) electrons. The zero-order valence-electron chi connectivity index (χ0n) is 13.6. The first-order valence-corrected chi connectivity index (χ1v) is 8.50. The van der Waals surface area contributed by atoms with Crippen molar-refractivity contribution >= 4 is 5.91 Å². The van der Waals surface area contributed by atoms with Crippen LogP contribution in [-0.2, 0) is 16.6 Å². The second kappa shape index (κ2) is 6.19. The number of amides is 1. The van der Waals surface area contributed by atoms with Gasteiger partial charge in [0.2, 0.25) is 5.91 Å². The zero-order valence-corrected chi connectivity index (χ0v) is 13.6. The molecule has 0 spiro atoms. The van der Waals surface area contributed by atoms with E-state index >= 15 is 0 Å². The van der Waals surface area contributed by atoms with E-state index in [0.29, 0.717) is 19.8 Å². The Balaban J connectivity index is 1.42. The lowest BCUT2D eigenvalue weighted by Crippen LogP contribution is -2.36. The minimum absolute atomic E-state index is 0.120. The van der Waals surface area contributed by atoms with Crippen molar-refractivity contribution in [3.8, 4) is 11.5 Å². The summed E-state index contributed by atoms with van der Waals surface area (Å²) in [6, 6.07) is 16.1. The number of carbonyl (C=O) groups is 1. The van der Waals surface area contributed by atoms with Crippen molar-refractivity contribution in [2.24, 2.45) is 0 Å². The molecule has 0 saturated heterocycles. The van der Waals surface area contributed by atoms with Crippen LogP contribution in [0.5, 0.6) is 11.5 Å². The molecule has 1 saturated carbocycles. The molecule has 2 aromatic rings. The largest absolute Gasteiger partial charge is 0.486 e. The maximum absolute atomic E-state index is 12.7. The molecule has 1 aliphatic heterocycles. The molecule has 2 aliphatic rings. The van der Waals surface area contributed by atoms with Crippen LogP contribution in [0.1, 0.15) is 24.0 Å². The number of nitrogens with one attached hydrogen (secondary N) is 1. The smallest absolute Gasteiger partial charge is 0.230 e. The zero-order chi connectivity index (χ0) is 16.4. The van der Waals surface area contributed by atoms with Crippen molar-refractivity contribution in [2.75, 3.05) is 19.8 Å². The number of ether oxygens (including phenoxy) is 2. The quantitative estimate of drug-likeness (QED) is 0.920. The molecule has 4 nitrogen and oxygen atoms in total. The van der Waals surface area contributed by atoms with Crippen LogP contribution in [0.2, 0.25) is 0 Å². The van der Waals surface area contributed by atoms with Crippen LogP contribution in [-0.4, -0.2) is 25.7 Å². The third-order valence-corrected chi connectivity index (χ3v) is 4.82. The van der Waals surface area contributed by atoms with Crippen LogP contribution in [0.25, 0.3) is 0 Å². The Morgan fingerprint density at radius 1 is 1.00 bits per heavy atom. The van der Waals surface area contributed by atoms with Gasteiger partial charge in [-0.1, -0.05) is 36.4 Å². The maximum Gasteiger partial charge on any atom is 0.230 e. The molecule has 0 aromatic heterocycles. The summed E-state index contributed by atoms with van der Waals surface area (Å²) < 4.78 is 11.2. The van der Waals surface area contributed by atoms with Gasteiger partial charge >= 0.3 is 0 Å². The highest BCUT2D eigenvalue weighted by molar-refractivity contribution is 5.91. The van der Waals surface area contributed by atoms with E-state index in [-0.39, 0.29) is 11.3 Å². The molecule has 1 aliphatic carbocycles. The molecule has 0 unspecified atom stereocenters. The number of carbonyl (C=O) groups excluding carboxylic acids is 1. The van der Waals surface area contributed by atoms with E-state index in [4.69, 9.17) is 9.47 Å². The van der Waals surface area contributed by atoms with Gasteiger partial charge in [0.1, 0.15) is 13.2 Å². The molecule has 1 amide bonds. The molecule has 2 aromatic carbocycles.